The van der Waals surface area contributed by atoms with E-state index in [2.05, 4.69) is 15.5 Å². The molecule has 0 aliphatic carbocycles. The fourth-order valence-electron chi connectivity index (χ4n) is 4.68. The van der Waals surface area contributed by atoms with Crippen LogP contribution in [0.1, 0.15) is 40.8 Å². The lowest BCUT2D eigenvalue weighted by molar-refractivity contribution is -0.121. The smallest absolute Gasteiger partial charge is 0.231 e. The van der Waals surface area contributed by atoms with E-state index in [0.717, 1.165) is 22.4 Å². The topological polar surface area (TPSA) is 99.9 Å². The first kappa shape index (κ1) is 24.0. The number of nitrogens with one attached hydrogen (secondary N) is 1. The highest BCUT2D eigenvalue weighted by Crippen LogP contribution is 2.35. The number of aryl methyl sites for hydroxylation is 1. The number of carbonyl (C=O) groups excluding carboxylic acids is 1. The first-order chi connectivity index (χ1) is 18.5. The van der Waals surface area contributed by atoms with Gasteiger partial charge in [0, 0.05) is 22.7 Å². The van der Waals surface area contributed by atoms with Crippen LogP contribution in [-0.2, 0) is 11.3 Å². The van der Waals surface area contributed by atoms with E-state index in [0.29, 0.717) is 46.2 Å². The fourth-order valence-corrected chi connectivity index (χ4v) is 4.80. The van der Waals surface area contributed by atoms with Crippen molar-refractivity contribution in [2.24, 2.45) is 4.99 Å². The Bertz CT molecular complexity index is 1560. The molecule has 0 spiro atoms. The van der Waals surface area contributed by atoms with E-state index < -0.39 is 6.04 Å². The summed E-state index contributed by atoms with van der Waals surface area (Å²) in [5.41, 5.74) is 4.20. The molecule has 9 nitrogen and oxygen atoms in total. The number of hydrogen-bond acceptors (Lipinski definition) is 7. The molecule has 38 heavy (non-hydrogen) atoms. The lowest BCUT2D eigenvalue weighted by Crippen LogP contribution is -2.25. The van der Waals surface area contributed by atoms with Crippen LogP contribution in [-0.4, -0.2) is 40.3 Å². The summed E-state index contributed by atoms with van der Waals surface area (Å²) in [6.45, 7) is 2.43. The summed E-state index contributed by atoms with van der Waals surface area (Å²) in [5.74, 6) is 3.20. The number of benzene rings is 3. The Balaban J connectivity index is 1.35. The first-order valence-corrected chi connectivity index (χ1v) is 12.5. The molecular weight excluding hydrogens is 506 g/mol. The van der Waals surface area contributed by atoms with Crippen molar-refractivity contribution >= 4 is 23.2 Å². The van der Waals surface area contributed by atoms with Crippen molar-refractivity contribution in [3.63, 3.8) is 0 Å². The van der Waals surface area contributed by atoms with Gasteiger partial charge in [0.05, 0.1) is 24.9 Å². The number of carbonyl (C=O) groups is 1. The van der Waals surface area contributed by atoms with Gasteiger partial charge in [-0.2, -0.15) is 0 Å². The minimum Gasteiger partial charge on any atom is -0.497 e. The van der Waals surface area contributed by atoms with Crippen molar-refractivity contribution in [2.75, 3.05) is 13.9 Å². The van der Waals surface area contributed by atoms with Gasteiger partial charge in [-0.05, 0) is 55.0 Å². The van der Waals surface area contributed by atoms with Crippen LogP contribution in [0.15, 0.2) is 65.7 Å². The number of hydrogen-bond donors (Lipinski definition) is 1. The van der Waals surface area contributed by atoms with Gasteiger partial charge in [0.1, 0.15) is 17.6 Å². The molecule has 0 saturated carbocycles. The zero-order valence-electron chi connectivity index (χ0n) is 20.8. The highest BCUT2D eigenvalue weighted by atomic mass is 35.5. The lowest BCUT2D eigenvalue weighted by atomic mass is 10.00. The molecule has 1 aromatic heterocycles. The molecule has 0 saturated heterocycles. The Morgan fingerprint density at radius 2 is 1.89 bits per heavy atom. The van der Waals surface area contributed by atoms with Crippen LogP contribution in [0, 0.1) is 6.92 Å². The van der Waals surface area contributed by atoms with E-state index in [1.165, 1.54) is 0 Å². The third-order valence-electron chi connectivity index (χ3n) is 6.56. The lowest BCUT2D eigenvalue weighted by Gasteiger charge is -2.14. The highest BCUT2D eigenvalue weighted by molar-refractivity contribution is 6.30. The summed E-state index contributed by atoms with van der Waals surface area (Å²) < 4.78 is 18.3. The van der Waals surface area contributed by atoms with Gasteiger partial charge in [-0.3, -0.25) is 14.4 Å². The summed E-state index contributed by atoms with van der Waals surface area (Å²) in [5, 5.41) is 12.4. The summed E-state index contributed by atoms with van der Waals surface area (Å²) in [7, 11) is 1.63. The van der Waals surface area contributed by atoms with Gasteiger partial charge in [0.25, 0.3) is 0 Å². The number of aliphatic imine (C=N–C) groups is 1. The van der Waals surface area contributed by atoms with Crippen molar-refractivity contribution in [3.8, 4) is 22.9 Å². The average molecular weight is 530 g/mol. The second kappa shape index (κ2) is 9.83. The molecule has 1 unspecified atom stereocenters. The van der Waals surface area contributed by atoms with Crippen LogP contribution >= 0.6 is 11.6 Å². The van der Waals surface area contributed by atoms with E-state index in [9.17, 15) is 4.79 Å². The average Bonchev–Trinajstić information content (AvgIpc) is 3.53. The standard InChI is InChI=1S/C28H24ClN5O4/c1-16-32-33-28-22(13-26(35)30-14-17-3-10-24-25(11-17)38-15-37-24)31-27(18-4-6-19(29)7-5-18)21-12-20(36-2)8-9-23(21)34(16)28/h3-12,22H,13-15H2,1-2H3,(H,30,35). The molecule has 1 amide bonds. The fraction of sp³-hybridized carbons (Fsp3) is 0.214. The van der Waals surface area contributed by atoms with Gasteiger partial charge in [-0.15, -0.1) is 10.2 Å². The van der Waals surface area contributed by atoms with Crippen LogP contribution < -0.4 is 19.5 Å². The maximum Gasteiger partial charge on any atom is 0.231 e. The monoisotopic (exact) mass is 529 g/mol. The van der Waals surface area contributed by atoms with Crippen LogP contribution in [0.3, 0.4) is 0 Å². The van der Waals surface area contributed by atoms with E-state index in [-0.39, 0.29) is 19.1 Å². The van der Waals surface area contributed by atoms with Gasteiger partial charge < -0.3 is 19.5 Å². The maximum absolute atomic E-state index is 13.2. The van der Waals surface area contributed by atoms with Crippen molar-refractivity contribution in [1.29, 1.82) is 0 Å². The highest BCUT2D eigenvalue weighted by Gasteiger charge is 2.30. The number of methoxy groups -OCH3 is 1. The molecule has 6 rings (SSSR count). The molecule has 10 heteroatoms. The molecule has 0 fully saturated rings. The number of ether oxygens (including phenoxy) is 3. The molecule has 0 bridgehead atoms. The minimum atomic E-state index is -0.572. The molecule has 3 heterocycles. The normalized spacial score (nSPS) is 15.2. The largest absolute Gasteiger partial charge is 0.497 e. The SMILES string of the molecule is COc1ccc2c(c1)C(c1ccc(Cl)cc1)=NC(CC(=O)NCc1ccc3c(c1)OCO3)c1nnc(C)n1-2. The number of fused-ring (bicyclic) bond motifs is 4. The van der Waals surface area contributed by atoms with E-state index in [1.807, 2.05) is 72.2 Å². The first-order valence-electron chi connectivity index (χ1n) is 12.1. The van der Waals surface area contributed by atoms with E-state index in [1.54, 1.807) is 7.11 Å². The molecular formula is C28H24ClN5O4. The number of amides is 1. The summed E-state index contributed by atoms with van der Waals surface area (Å²) in [6, 6.07) is 18.3. The Labute approximate surface area is 224 Å². The van der Waals surface area contributed by atoms with Crippen LogP contribution in [0.2, 0.25) is 5.02 Å². The van der Waals surface area contributed by atoms with Crippen molar-refractivity contribution in [1.82, 2.24) is 20.1 Å². The van der Waals surface area contributed by atoms with Gasteiger partial charge in [0.2, 0.25) is 12.7 Å². The molecule has 1 N–H and O–H groups in total. The Morgan fingerprint density at radius 1 is 1.08 bits per heavy atom. The van der Waals surface area contributed by atoms with Crippen LogP contribution in [0.4, 0.5) is 0 Å². The van der Waals surface area contributed by atoms with E-state index in [4.69, 9.17) is 30.8 Å². The zero-order valence-corrected chi connectivity index (χ0v) is 21.5. The van der Waals surface area contributed by atoms with Crippen molar-refractivity contribution in [2.45, 2.75) is 25.9 Å². The number of halogens is 1. The quantitative estimate of drug-likeness (QED) is 0.393. The summed E-state index contributed by atoms with van der Waals surface area (Å²) in [6.07, 6.45) is 0.0882. The van der Waals surface area contributed by atoms with E-state index >= 15 is 0 Å². The Morgan fingerprint density at radius 3 is 2.71 bits per heavy atom. The summed E-state index contributed by atoms with van der Waals surface area (Å²) >= 11 is 6.17. The molecule has 4 aromatic rings. The predicted octanol–water partition coefficient (Wildman–Crippen LogP) is 4.57. The number of aromatic nitrogens is 3. The number of nitrogens with zero attached hydrogens (tertiary/aromatic N) is 4. The number of rotatable bonds is 6. The molecule has 192 valence electrons. The third kappa shape index (κ3) is 4.45. The third-order valence-corrected chi connectivity index (χ3v) is 6.81. The van der Waals surface area contributed by atoms with Crippen LogP contribution in [0.5, 0.6) is 17.2 Å². The van der Waals surface area contributed by atoms with Gasteiger partial charge in [-0.1, -0.05) is 29.8 Å². The minimum absolute atomic E-state index is 0.0882. The van der Waals surface area contributed by atoms with Crippen molar-refractivity contribution in [3.05, 3.63) is 94.0 Å². The van der Waals surface area contributed by atoms with Gasteiger partial charge in [0.15, 0.2) is 17.3 Å². The second-order valence-electron chi connectivity index (χ2n) is 8.99. The molecule has 3 aromatic carbocycles. The molecule has 1 atom stereocenters. The predicted molar refractivity (Wildman–Crippen MR) is 142 cm³/mol. The Kier molecular flexibility index (Phi) is 6.21. The molecule has 2 aliphatic heterocycles. The molecule has 2 aliphatic rings. The Hall–Kier alpha value is -4.37. The van der Waals surface area contributed by atoms with Gasteiger partial charge >= 0.3 is 0 Å². The van der Waals surface area contributed by atoms with Gasteiger partial charge in [-0.25, -0.2) is 0 Å². The maximum atomic E-state index is 13.2. The van der Waals surface area contributed by atoms with Crippen molar-refractivity contribution < 1.29 is 19.0 Å². The van der Waals surface area contributed by atoms with Crippen LogP contribution in [0.25, 0.3) is 5.69 Å². The molecule has 0 radical (unpaired) electrons. The summed E-state index contributed by atoms with van der Waals surface area (Å²) in [4.78, 5) is 18.3. The zero-order chi connectivity index (χ0) is 26.2. The second-order valence-corrected chi connectivity index (χ2v) is 9.43.